The zero-order valence-electron chi connectivity index (χ0n) is 23.2. The van der Waals surface area contributed by atoms with Crippen LogP contribution in [-0.4, -0.2) is 44.3 Å². The Kier molecular flexibility index (Phi) is 38.0. The van der Waals surface area contributed by atoms with E-state index in [1.54, 1.807) is 0 Å². The van der Waals surface area contributed by atoms with Gasteiger partial charge in [0, 0.05) is 44.0 Å². The van der Waals surface area contributed by atoms with Crippen LogP contribution in [0.3, 0.4) is 0 Å². The quantitative estimate of drug-likeness (QED) is 0.114. The van der Waals surface area contributed by atoms with Gasteiger partial charge in [-0.3, -0.25) is 0 Å². The molecule has 0 heterocycles. The predicted octanol–water partition coefficient (Wildman–Crippen LogP) is 7.27. The van der Waals surface area contributed by atoms with Crippen LogP contribution in [-0.2, 0) is 40.9 Å². The third kappa shape index (κ3) is 38.2. The molecule has 0 saturated heterocycles. The second kappa shape index (κ2) is 31.6. The number of carboxylic acid groups (broad SMARTS) is 4. The van der Waals surface area contributed by atoms with E-state index < -0.39 is 23.9 Å². The Bertz CT molecular complexity index is 591. The second-order valence-corrected chi connectivity index (χ2v) is 8.05. The first-order valence-corrected chi connectivity index (χ1v) is 12.4. The number of unbranched alkanes of at least 4 members (excludes halogenated alkanes) is 4. The van der Waals surface area contributed by atoms with E-state index in [1.165, 1.54) is 0 Å². The zero-order chi connectivity index (χ0) is 29.1. The van der Waals surface area contributed by atoms with E-state index in [9.17, 15) is 19.2 Å². The molecule has 0 aromatic heterocycles. The molecule has 0 aromatic carbocycles. The molecule has 0 unspecified atom stereocenters. The van der Waals surface area contributed by atoms with Crippen molar-refractivity contribution in [2.75, 3.05) is 0 Å². The molecule has 0 saturated carbocycles. The van der Waals surface area contributed by atoms with Gasteiger partial charge >= 0.3 is 23.9 Å². The number of rotatable bonds is 16. The monoisotopic (exact) mass is 560 g/mol. The Labute approximate surface area is 238 Å². The SMILES string of the molecule is C=C(CCCC)C(=O)O.C=C(CCCC)C(=O)O.C=C(CCCC)C(=O)O.C=C(CCCC)C(=O)O.[Ti]. The molecule has 0 aliphatic rings. The molecule has 0 fully saturated rings. The average molecular weight is 561 g/mol. The molecule has 4 N–H and O–H groups in total. The van der Waals surface area contributed by atoms with Gasteiger partial charge in [-0.2, -0.15) is 0 Å². The Morgan fingerprint density at radius 3 is 0.649 bits per heavy atom. The van der Waals surface area contributed by atoms with Gasteiger partial charge in [-0.15, -0.1) is 0 Å². The van der Waals surface area contributed by atoms with Crippen LogP contribution in [0, 0.1) is 0 Å². The maximum Gasteiger partial charge on any atom is 0.330 e. The topological polar surface area (TPSA) is 149 Å². The Hall–Kier alpha value is -2.45. The van der Waals surface area contributed by atoms with Gasteiger partial charge in [-0.05, 0) is 51.4 Å². The number of hydrogen-bond acceptors (Lipinski definition) is 4. The van der Waals surface area contributed by atoms with E-state index in [-0.39, 0.29) is 21.7 Å². The molecule has 0 atom stereocenters. The molecule has 0 spiro atoms. The van der Waals surface area contributed by atoms with Gasteiger partial charge in [0.25, 0.3) is 0 Å². The third-order valence-electron chi connectivity index (χ3n) is 4.54. The summed E-state index contributed by atoms with van der Waals surface area (Å²) in [7, 11) is 0. The fraction of sp³-hybridized carbons (Fsp3) is 0.571. The molecule has 0 rings (SSSR count). The molecule has 0 aliphatic carbocycles. The smallest absolute Gasteiger partial charge is 0.330 e. The van der Waals surface area contributed by atoms with Crippen molar-refractivity contribution in [1.82, 2.24) is 0 Å². The van der Waals surface area contributed by atoms with E-state index in [1.807, 2.05) is 27.7 Å². The molecule has 0 aliphatic heterocycles. The van der Waals surface area contributed by atoms with Crippen molar-refractivity contribution in [3.8, 4) is 0 Å². The van der Waals surface area contributed by atoms with Crippen molar-refractivity contribution in [2.45, 2.75) is 105 Å². The average Bonchev–Trinajstić information content (AvgIpc) is 2.83. The van der Waals surface area contributed by atoms with E-state index in [2.05, 4.69) is 26.3 Å². The van der Waals surface area contributed by atoms with Gasteiger partial charge < -0.3 is 20.4 Å². The van der Waals surface area contributed by atoms with Crippen molar-refractivity contribution >= 4 is 23.9 Å². The summed E-state index contributed by atoms with van der Waals surface area (Å²) in [5, 5.41) is 33.2. The molecule has 9 heteroatoms. The molecular weight excluding hydrogens is 512 g/mol. The van der Waals surface area contributed by atoms with E-state index in [0.717, 1.165) is 51.4 Å². The van der Waals surface area contributed by atoms with Crippen LogP contribution in [0.2, 0.25) is 0 Å². The van der Waals surface area contributed by atoms with Crippen molar-refractivity contribution < 1.29 is 61.3 Å². The first-order chi connectivity index (χ1) is 16.7. The van der Waals surface area contributed by atoms with Crippen LogP contribution in [0.1, 0.15) is 105 Å². The van der Waals surface area contributed by atoms with Crippen molar-refractivity contribution in [2.24, 2.45) is 0 Å². The van der Waals surface area contributed by atoms with Crippen molar-refractivity contribution in [3.63, 3.8) is 0 Å². The number of aliphatic carboxylic acids is 4. The number of carboxylic acids is 4. The Balaban J connectivity index is -0.000000122. The molecule has 0 aromatic rings. The fourth-order valence-electron chi connectivity index (χ4n) is 1.99. The van der Waals surface area contributed by atoms with Crippen LogP contribution < -0.4 is 0 Å². The number of hydrogen-bond donors (Lipinski definition) is 4. The summed E-state index contributed by atoms with van der Waals surface area (Å²) in [4.78, 5) is 40.4. The Morgan fingerprint density at radius 1 is 0.432 bits per heavy atom. The molecule has 37 heavy (non-hydrogen) atoms. The molecule has 0 amide bonds. The molecule has 0 radical (unpaired) electrons. The van der Waals surface area contributed by atoms with Crippen LogP contribution in [0.4, 0.5) is 0 Å². The standard InChI is InChI=1S/4C7H12O2.Ti/c4*1-3-4-5-6(2)7(8)9;/h4*2-5H2,1H3,(H,8,9);. The summed E-state index contributed by atoms with van der Waals surface area (Å²) >= 11 is 0. The minimum absolute atomic E-state index is 0. The second-order valence-electron chi connectivity index (χ2n) is 8.05. The first-order valence-electron chi connectivity index (χ1n) is 12.4. The molecule has 0 bridgehead atoms. The van der Waals surface area contributed by atoms with Gasteiger partial charge in [0.2, 0.25) is 0 Å². The summed E-state index contributed by atoms with van der Waals surface area (Å²) in [6, 6.07) is 0. The van der Waals surface area contributed by atoms with Gasteiger partial charge in [0.15, 0.2) is 0 Å². The molecule has 212 valence electrons. The van der Waals surface area contributed by atoms with Crippen LogP contribution in [0.15, 0.2) is 48.6 Å². The van der Waals surface area contributed by atoms with Gasteiger partial charge in [-0.1, -0.05) is 79.7 Å². The van der Waals surface area contributed by atoms with Crippen LogP contribution >= 0.6 is 0 Å². The molecular formula is C28H48O8Ti. The first kappa shape index (κ1) is 44.5. The van der Waals surface area contributed by atoms with Crippen molar-refractivity contribution in [1.29, 1.82) is 0 Å². The minimum Gasteiger partial charge on any atom is -0.478 e. The van der Waals surface area contributed by atoms with E-state index in [0.29, 0.717) is 48.0 Å². The van der Waals surface area contributed by atoms with Crippen molar-refractivity contribution in [3.05, 3.63) is 48.6 Å². The fourth-order valence-corrected chi connectivity index (χ4v) is 1.99. The Morgan fingerprint density at radius 2 is 0.568 bits per heavy atom. The van der Waals surface area contributed by atoms with Gasteiger partial charge in [-0.25, -0.2) is 19.2 Å². The largest absolute Gasteiger partial charge is 0.478 e. The predicted molar refractivity (Wildman–Crippen MR) is 145 cm³/mol. The van der Waals surface area contributed by atoms with Crippen LogP contribution in [0.25, 0.3) is 0 Å². The summed E-state index contributed by atoms with van der Waals surface area (Å²) in [5.41, 5.74) is 1.27. The summed E-state index contributed by atoms with van der Waals surface area (Å²) < 4.78 is 0. The minimum atomic E-state index is -0.872. The van der Waals surface area contributed by atoms with E-state index in [4.69, 9.17) is 20.4 Å². The zero-order valence-corrected chi connectivity index (χ0v) is 24.8. The third-order valence-corrected chi connectivity index (χ3v) is 4.54. The van der Waals surface area contributed by atoms with Crippen LogP contribution in [0.5, 0.6) is 0 Å². The maximum atomic E-state index is 10.1. The normalized spacial score (nSPS) is 8.76. The summed E-state index contributed by atoms with van der Waals surface area (Å²) in [6.45, 7) is 21.7. The van der Waals surface area contributed by atoms with Gasteiger partial charge in [0.05, 0.1) is 0 Å². The maximum absolute atomic E-state index is 10.1. The molecule has 8 nitrogen and oxygen atoms in total. The number of carbonyl (C=O) groups is 4. The summed E-state index contributed by atoms with van der Waals surface area (Å²) in [5.74, 6) is -3.49. The van der Waals surface area contributed by atoms with E-state index >= 15 is 0 Å². The summed E-state index contributed by atoms with van der Waals surface area (Å²) in [6.07, 6.45) is 10.2. The van der Waals surface area contributed by atoms with Gasteiger partial charge in [0.1, 0.15) is 0 Å².